The van der Waals surface area contributed by atoms with Crippen LogP contribution in [-0.4, -0.2) is 29.9 Å². The van der Waals surface area contributed by atoms with Crippen LogP contribution in [0.1, 0.15) is 62.8 Å². The number of nitrogens with one attached hydrogen (secondary N) is 1. The van der Waals surface area contributed by atoms with E-state index in [9.17, 15) is 5.11 Å². The minimum absolute atomic E-state index is 0.167. The summed E-state index contributed by atoms with van der Waals surface area (Å²) in [5.74, 6) is 1.95. The van der Waals surface area contributed by atoms with Gasteiger partial charge in [0.15, 0.2) is 0 Å². The third-order valence-electron chi connectivity index (χ3n) is 7.32. The Hall–Kier alpha value is -3.05. The van der Waals surface area contributed by atoms with E-state index in [4.69, 9.17) is 14.1 Å². The van der Waals surface area contributed by atoms with Crippen molar-refractivity contribution in [1.82, 2.24) is 5.32 Å². The molecule has 5 nitrogen and oxygen atoms in total. The monoisotopic (exact) mass is 472 g/mol. The highest BCUT2D eigenvalue weighted by atomic mass is 16.5. The standard InChI is InChI=1S/C30H36N2O3/c1-3-5-10-20(4-2)19-34-29-18-25(31-30(32-29)23-12-6-8-13-26(23)33)21-15-16-28-24(17-21)22-11-7-9-14-27(22)35-28/h6,8-9,12-18,20,23,26,30-31,33H,3-5,7,10-11,19H2,1-2H3. The summed E-state index contributed by atoms with van der Waals surface area (Å²) in [7, 11) is 0. The summed E-state index contributed by atoms with van der Waals surface area (Å²) in [4.78, 5) is 4.87. The quantitative estimate of drug-likeness (QED) is 0.467. The molecule has 0 radical (unpaired) electrons. The molecule has 4 unspecified atom stereocenters. The lowest BCUT2D eigenvalue weighted by molar-refractivity contribution is 0.153. The van der Waals surface area contributed by atoms with Crippen LogP contribution in [0.25, 0.3) is 22.7 Å². The first-order valence-corrected chi connectivity index (χ1v) is 13.1. The Labute approximate surface area is 208 Å². The van der Waals surface area contributed by atoms with Crippen molar-refractivity contribution in [1.29, 1.82) is 0 Å². The maximum atomic E-state index is 10.6. The van der Waals surface area contributed by atoms with Crippen LogP contribution >= 0.6 is 0 Å². The maximum absolute atomic E-state index is 10.6. The van der Waals surface area contributed by atoms with E-state index in [0.29, 0.717) is 18.4 Å². The first-order chi connectivity index (χ1) is 17.2. The molecule has 0 amide bonds. The topological polar surface area (TPSA) is 67.0 Å². The molecule has 2 aromatic rings. The lowest BCUT2D eigenvalue weighted by Crippen LogP contribution is -2.42. The molecule has 2 heterocycles. The number of hydrogen-bond acceptors (Lipinski definition) is 5. The van der Waals surface area contributed by atoms with E-state index in [0.717, 1.165) is 47.3 Å². The second-order valence-corrected chi connectivity index (χ2v) is 9.78. The first-order valence-electron chi connectivity index (χ1n) is 13.1. The highest BCUT2D eigenvalue weighted by Crippen LogP contribution is 2.33. The fourth-order valence-corrected chi connectivity index (χ4v) is 5.11. The molecule has 4 atom stereocenters. The molecule has 3 aliphatic rings. The van der Waals surface area contributed by atoms with E-state index in [2.05, 4.69) is 49.5 Å². The number of rotatable bonds is 8. The van der Waals surface area contributed by atoms with Gasteiger partial charge < -0.3 is 19.6 Å². The average molecular weight is 473 g/mol. The van der Waals surface area contributed by atoms with E-state index in [1.54, 1.807) is 0 Å². The molecule has 35 heavy (non-hydrogen) atoms. The summed E-state index contributed by atoms with van der Waals surface area (Å²) in [5.41, 5.74) is 4.22. The zero-order chi connectivity index (χ0) is 24.2. The number of ether oxygens (including phenoxy) is 1. The van der Waals surface area contributed by atoms with Crippen molar-refractivity contribution in [2.24, 2.45) is 16.8 Å². The van der Waals surface area contributed by atoms with E-state index in [-0.39, 0.29) is 12.1 Å². The molecule has 5 rings (SSSR count). The van der Waals surface area contributed by atoms with E-state index in [1.165, 1.54) is 24.8 Å². The number of aliphatic hydroxyl groups excluding tert-OH is 1. The van der Waals surface area contributed by atoms with Gasteiger partial charge in [0.05, 0.1) is 12.7 Å². The van der Waals surface area contributed by atoms with Crippen molar-refractivity contribution >= 4 is 28.6 Å². The molecule has 2 N–H and O–H groups in total. The predicted octanol–water partition coefficient (Wildman–Crippen LogP) is 6.40. The predicted molar refractivity (Wildman–Crippen MR) is 143 cm³/mol. The lowest BCUT2D eigenvalue weighted by atomic mass is 9.93. The molecule has 1 aromatic heterocycles. The maximum Gasteiger partial charge on any atom is 0.212 e. The average Bonchev–Trinajstić information content (AvgIpc) is 3.27. The molecule has 2 aliphatic carbocycles. The van der Waals surface area contributed by atoms with Crippen molar-refractivity contribution in [3.05, 3.63) is 71.5 Å². The second-order valence-electron chi connectivity index (χ2n) is 9.78. The molecule has 1 aliphatic heterocycles. The Morgan fingerprint density at radius 1 is 1.23 bits per heavy atom. The van der Waals surface area contributed by atoms with Crippen molar-refractivity contribution in [2.45, 2.75) is 64.6 Å². The molecule has 0 spiro atoms. The Bertz CT molecular complexity index is 1200. The van der Waals surface area contributed by atoms with Gasteiger partial charge in [-0.1, -0.05) is 63.5 Å². The summed E-state index contributed by atoms with van der Waals surface area (Å²) < 4.78 is 12.4. The van der Waals surface area contributed by atoms with Crippen molar-refractivity contribution < 1.29 is 14.3 Å². The van der Waals surface area contributed by atoms with Gasteiger partial charge in [0.25, 0.3) is 0 Å². The van der Waals surface area contributed by atoms with E-state index in [1.807, 2.05) is 30.4 Å². The van der Waals surface area contributed by atoms with Gasteiger partial charge in [-0.05, 0) is 55.0 Å². The van der Waals surface area contributed by atoms with Gasteiger partial charge in [0, 0.05) is 28.6 Å². The zero-order valence-corrected chi connectivity index (χ0v) is 20.7. The number of aryl methyl sites for hydroxylation is 1. The summed E-state index contributed by atoms with van der Waals surface area (Å²) in [6.07, 6.45) is 19.8. The molecule has 5 heteroatoms. The van der Waals surface area contributed by atoms with Crippen molar-refractivity contribution in [3.63, 3.8) is 0 Å². The zero-order valence-electron chi connectivity index (χ0n) is 20.7. The molecule has 0 saturated heterocycles. The van der Waals surface area contributed by atoms with Gasteiger partial charge in [-0.2, -0.15) is 0 Å². The minimum Gasteiger partial charge on any atom is -0.478 e. The van der Waals surface area contributed by atoms with Crippen LogP contribution in [0.2, 0.25) is 0 Å². The van der Waals surface area contributed by atoms with Gasteiger partial charge in [0.2, 0.25) is 5.90 Å². The number of benzene rings is 1. The Kier molecular flexibility index (Phi) is 7.24. The molecular weight excluding hydrogens is 436 g/mol. The van der Waals surface area contributed by atoms with Crippen LogP contribution in [0.4, 0.5) is 0 Å². The van der Waals surface area contributed by atoms with Gasteiger partial charge in [-0.3, -0.25) is 0 Å². The van der Waals surface area contributed by atoms with E-state index < -0.39 is 6.10 Å². The summed E-state index contributed by atoms with van der Waals surface area (Å²) >= 11 is 0. The number of aliphatic imine (C=N–C) groups is 1. The van der Waals surface area contributed by atoms with Crippen LogP contribution in [0.15, 0.2) is 64.1 Å². The minimum atomic E-state index is -0.593. The van der Waals surface area contributed by atoms with Crippen LogP contribution in [-0.2, 0) is 11.2 Å². The molecule has 1 aromatic carbocycles. The molecule has 0 fully saturated rings. The van der Waals surface area contributed by atoms with Crippen LogP contribution in [0.3, 0.4) is 0 Å². The largest absolute Gasteiger partial charge is 0.478 e. The summed E-state index contributed by atoms with van der Waals surface area (Å²) in [5, 5.41) is 15.4. The van der Waals surface area contributed by atoms with Crippen LogP contribution < -0.4 is 5.32 Å². The van der Waals surface area contributed by atoms with Gasteiger partial charge in [-0.15, -0.1) is 0 Å². The fraction of sp³-hybridized carbons (Fsp3) is 0.433. The third kappa shape index (κ3) is 5.15. The Balaban J connectivity index is 1.44. The SMILES string of the molecule is CCCCC(CC)COC1=NC(C2C=CC=CC2O)NC(c2ccc3oc4c(c3c2)CCC=C4)=C1. The summed E-state index contributed by atoms with van der Waals surface area (Å²) in [6.45, 7) is 5.12. The number of allylic oxidation sites excluding steroid dienone is 3. The van der Waals surface area contributed by atoms with Crippen molar-refractivity contribution in [3.8, 4) is 0 Å². The number of fused-ring (bicyclic) bond motifs is 3. The smallest absolute Gasteiger partial charge is 0.212 e. The molecule has 0 bridgehead atoms. The number of aliphatic hydroxyl groups is 1. The first kappa shape index (κ1) is 23.7. The Morgan fingerprint density at radius 2 is 2.11 bits per heavy atom. The molecule has 0 saturated carbocycles. The Morgan fingerprint density at radius 3 is 2.94 bits per heavy atom. The number of unbranched alkanes of at least 4 members (excludes halogenated alkanes) is 1. The molecule has 184 valence electrons. The van der Waals surface area contributed by atoms with Gasteiger partial charge in [-0.25, -0.2) is 4.99 Å². The normalized spacial score (nSPS) is 24.0. The summed E-state index contributed by atoms with van der Waals surface area (Å²) in [6, 6.07) is 6.35. The fourth-order valence-electron chi connectivity index (χ4n) is 5.11. The highest BCUT2D eigenvalue weighted by Gasteiger charge is 2.30. The second kappa shape index (κ2) is 10.7. The van der Waals surface area contributed by atoms with Gasteiger partial charge in [0.1, 0.15) is 17.5 Å². The third-order valence-corrected chi connectivity index (χ3v) is 7.32. The van der Waals surface area contributed by atoms with Crippen LogP contribution in [0.5, 0.6) is 0 Å². The number of furan rings is 1. The van der Waals surface area contributed by atoms with Gasteiger partial charge >= 0.3 is 0 Å². The van der Waals surface area contributed by atoms with Crippen molar-refractivity contribution in [2.75, 3.05) is 6.61 Å². The number of nitrogens with zero attached hydrogens (tertiary/aromatic N) is 1. The molecular formula is C30H36N2O3. The van der Waals surface area contributed by atoms with E-state index >= 15 is 0 Å². The lowest BCUT2D eigenvalue weighted by Gasteiger charge is -2.31. The van der Waals surface area contributed by atoms with Crippen LogP contribution in [0, 0.1) is 11.8 Å². The highest BCUT2D eigenvalue weighted by molar-refractivity contribution is 5.98. The number of hydrogen-bond donors (Lipinski definition) is 2.